The third-order valence-corrected chi connectivity index (χ3v) is 1.93. The molecule has 1 heterocycles. The number of nitrogens with zero attached hydrogens (tertiary/aromatic N) is 1. The number of H-pyrrole nitrogens is 1. The Bertz CT molecular complexity index is 183. The van der Waals surface area contributed by atoms with Gasteiger partial charge in [-0.05, 0) is 0 Å². The quantitative estimate of drug-likeness (QED) is 0.517. The summed E-state index contributed by atoms with van der Waals surface area (Å²) in [6.45, 7) is 0. The molecule has 0 aliphatic carbocycles. The van der Waals surface area contributed by atoms with E-state index in [-0.39, 0.29) is 0 Å². The molecule has 8 heavy (non-hydrogen) atoms. The van der Waals surface area contributed by atoms with Gasteiger partial charge in [-0.1, -0.05) is 0 Å². The van der Waals surface area contributed by atoms with Gasteiger partial charge in [-0.2, -0.15) is 0 Å². The molecule has 0 saturated carbocycles. The molecule has 4 nitrogen and oxygen atoms in total. The van der Waals surface area contributed by atoms with E-state index in [4.69, 9.17) is 4.19 Å². The first-order valence-corrected chi connectivity index (χ1v) is 4.23. The number of aromatic amines is 1. The summed E-state index contributed by atoms with van der Waals surface area (Å²) in [4.78, 5) is 0. The van der Waals surface area contributed by atoms with Gasteiger partial charge >= 0.3 is 49.2 Å². The van der Waals surface area contributed by atoms with Crippen molar-refractivity contribution in [3.8, 4) is 0 Å². The van der Waals surface area contributed by atoms with Crippen molar-refractivity contribution in [3.63, 3.8) is 0 Å². The molecule has 0 aliphatic heterocycles. The molecule has 0 bridgehead atoms. The van der Waals surface area contributed by atoms with E-state index in [0.29, 0.717) is 4.59 Å². The van der Waals surface area contributed by atoms with Crippen LogP contribution in [0.25, 0.3) is 0 Å². The van der Waals surface area contributed by atoms with E-state index >= 15 is 0 Å². The second-order valence-corrected chi connectivity index (χ2v) is 3.14. The average molecular weight is 179 g/mol. The van der Waals surface area contributed by atoms with Gasteiger partial charge in [-0.3, -0.25) is 0 Å². The Balaban J connectivity index is 2.93. The van der Waals surface area contributed by atoms with Gasteiger partial charge in [0.15, 0.2) is 0 Å². The van der Waals surface area contributed by atoms with Crippen LogP contribution < -0.4 is 4.59 Å². The van der Waals surface area contributed by atoms with E-state index in [1.54, 1.807) is 0 Å². The van der Waals surface area contributed by atoms with Gasteiger partial charge in [0.25, 0.3) is 0 Å². The zero-order valence-corrected chi connectivity index (χ0v) is 5.58. The molecule has 2 N–H and O–H groups in total. The number of nitrogens with one attached hydrogen (secondary N) is 1. The number of aromatic nitrogens is 2. The number of hydrogen-bond donors (Lipinski definition) is 2. The molecule has 1 atom stereocenters. The van der Waals surface area contributed by atoms with Crippen LogP contribution in [0, 0.1) is 0 Å². The van der Waals surface area contributed by atoms with Gasteiger partial charge < -0.3 is 0 Å². The normalized spacial score (nSPS) is 13.6. The van der Waals surface area contributed by atoms with Crippen LogP contribution in [0.3, 0.4) is 0 Å². The predicted molar refractivity (Wildman–Crippen MR) is 26.9 cm³/mol. The molecule has 44 valence electrons. The maximum atomic E-state index is 10.2. The summed E-state index contributed by atoms with van der Waals surface area (Å²) in [5.74, 6) is 0. The molecule has 0 saturated heterocycles. The SMILES string of the molecule is O=[Se](O)c1ccn[nH]1. The van der Waals surface area contributed by atoms with Crippen LogP contribution in [0.1, 0.15) is 0 Å². The van der Waals surface area contributed by atoms with E-state index in [1.807, 2.05) is 0 Å². The molecular formula is C3H4N2O2Se. The summed E-state index contributed by atoms with van der Waals surface area (Å²) < 4.78 is 18.9. The molecule has 0 aliphatic rings. The predicted octanol–water partition coefficient (Wildman–Crippen LogP) is -1.47. The molecule has 0 radical (unpaired) electrons. The van der Waals surface area contributed by atoms with Crippen molar-refractivity contribution in [2.75, 3.05) is 0 Å². The summed E-state index contributed by atoms with van der Waals surface area (Å²) in [6.07, 6.45) is 1.44. The first kappa shape index (κ1) is 5.62. The topological polar surface area (TPSA) is 66.0 Å². The summed E-state index contributed by atoms with van der Waals surface area (Å²) in [6, 6.07) is 1.48. The first-order valence-electron chi connectivity index (χ1n) is 1.91. The van der Waals surface area contributed by atoms with Crippen molar-refractivity contribution in [2.45, 2.75) is 0 Å². The monoisotopic (exact) mass is 180 g/mol. The van der Waals surface area contributed by atoms with E-state index in [1.165, 1.54) is 12.3 Å². The van der Waals surface area contributed by atoms with Crippen LogP contribution in [0.2, 0.25) is 0 Å². The van der Waals surface area contributed by atoms with Crippen molar-refractivity contribution < 1.29 is 8.02 Å². The molecule has 1 aromatic rings. The van der Waals surface area contributed by atoms with Gasteiger partial charge in [0.05, 0.1) is 0 Å². The standard InChI is InChI=1S/C3H4N2O2Se/c6-8(7)3-1-2-4-5-3/h1-2H,(H,4,5)(H,6,7). The Hall–Kier alpha value is -0.511. The van der Waals surface area contributed by atoms with Gasteiger partial charge in [0, 0.05) is 0 Å². The fourth-order valence-corrected chi connectivity index (χ4v) is 0.987. The molecule has 1 unspecified atom stereocenters. The van der Waals surface area contributed by atoms with Crippen LogP contribution in [0.4, 0.5) is 0 Å². The zero-order valence-electron chi connectivity index (χ0n) is 3.87. The second kappa shape index (κ2) is 2.17. The van der Waals surface area contributed by atoms with Gasteiger partial charge in [0.1, 0.15) is 0 Å². The molecule has 5 heteroatoms. The van der Waals surface area contributed by atoms with Crippen LogP contribution in [0.5, 0.6) is 0 Å². The Morgan fingerprint density at radius 2 is 2.62 bits per heavy atom. The minimum absolute atomic E-state index is 0.324. The van der Waals surface area contributed by atoms with Gasteiger partial charge in [-0.15, -0.1) is 0 Å². The van der Waals surface area contributed by atoms with Crippen LogP contribution >= 0.6 is 0 Å². The molecular weight excluding hydrogens is 175 g/mol. The van der Waals surface area contributed by atoms with E-state index < -0.39 is 14.2 Å². The summed E-state index contributed by atoms with van der Waals surface area (Å²) in [5.41, 5.74) is 0. The molecule has 1 rings (SSSR count). The summed E-state index contributed by atoms with van der Waals surface area (Å²) in [5, 5.41) is 5.87. The van der Waals surface area contributed by atoms with E-state index in [2.05, 4.69) is 10.2 Å². The average Bonchev–Trinajstić information content (AvgIpc) is 2.12. The van der Waals surface area contributed by atoms with Crippen LogP contribution in [-0.4, -0.2) is 28.5 Å². The van der Waals surface area contributed by atoms with Crippen LogP contribution in [0.15, 0.2) is 12.3 Å². The van der Waals surface area contributed by atoms with E-state index in [0.717, 1.165) is 0 Å². The Morgan fingerprint density at radius 3 is 2.88 bits per heavy atom. The van der Waals surface area contributed by atoms with Crippen molar-refractivity contribution in [1.82, 2.24) is 10.2 Å². The van der Waals surface area contributed by atoms with Gasteiger partial charge in [-0.25, -0.2) is 0 Å². The number of rotatable bonds is 1. The third-order valence-electron chi connectivity index (χ3n) is 0.663. The van der Waals surface area contributed by atoms with Gasteiger partial charge in [0.2, 0.25) is 0 Å². The summed E-state index contributed by atoms with van der Waals surface area (Å²) >= 11 is -2.73. The molecule has 0 spiro atoms. The van der Waals surface area contributed by atoms with Crippen molar-refractivity contribution in [3.05, 3.63) is 12.3 Å². The Morgan fingerprint density at radius 1 is 1.88 bits per heavy atom. The fraction of sp³-hybridized carbons (Fsp3) is 0. The molecule has 0 aromatic carbocycles. The van der Waals surface area contributed by atoms with Crippen LogP contribution in [-0.2, 0) is 3.83 Å². The second-order valence-electron chi connectivity index (χ2n) is 1.17. The summed E-state index contributed by atoms with van der Waals surface area (Å²) in [7, 11) is 0. The third kappa shape index (κ3) is 1.01. The molecule has 0 fully saturated rings. The minimum atomic E-state index is -2.73. The maximum absolute atomic E-state index is 10.2. The van der Waals surface area contributed by atoms with Crippen molar-refractivity contribution >= 4 is 18.8 Å². The molecule has 0 amide bonds. The number of hydrogen-bond acceptors (Lipinski definition) is 2. The van der Waals surface area contributed by atoms with Crippen molar-refractivity contribution in [2.24, 2.45) is 0 Å². The van der Waals surface area contributed by atoms with Crippen molar-refractivity contribution in [1.29, 1.82) is 0 Å². The Labute approximate surface area is 49.9 Å². The zero-order chi connectivity index (χ0) is 5.98. The molecule has 1 aromatic heterocycles. The fourth-order valence-electron chi connectivity index (χ4n) is 0.340. The van der Waals surface area contributed by atoms with E-state index in [9.17, 15) is 3.83 Å². The first-order chi connectivity index (χ1) is 3.80. The Kier molecular flexibility index (Phi) is 1.53.